The van der Waals surface area contributed by atoms with Crippen molar-refractivity contribution < 1.29 is 39.0 Å². The molecule has 10 rings (SSSR count). The molecule has 20 nitrogen and oxygen atoms in total. The van der Waals surface area contributed by atoms with Crippen LogP contribution in [0.15, 0.2) is 137 Å². The zero-order valence-corrected chi connectivity index (χ0v) is 49.1. The Morgan fingerprint density at radius 1 is 0.324 bits per heavy atom. The molecule has 0 amide bonds. The molecule has 360 valence electrons. The molecule has 0 aliphatic rings. The van der Waals surface area contributed by atoms with Gasteiger partial charge in [0.25, 0.3) is 0 Å². The number of nitrogens with zero attached hydrogens (tertiary/aromatic N) is 18. The summed E-state index contributed by atoms with van der Waals surface area (Å²) in [5, 5.41) is 0. The summed E-state index contributed by atoms with van der Waals surface area (Å²) in [6.07, 6.45) is 40.0. The first-order valence-electron chi connectivity index (χ1n) is 20.8. The third kappa shape index (κ3) is 29.8. The van der Waals surface area contributed by atoms with E-state index in [2.05, 4.69) is 59.8 Å². The second-order valence-electron chi connectivity index (χ2n) is 14.3. The summed E-state index contributed by atoms with van der Waals surface area (Å²) in [6.45, 7) is 15.7. The van der Waals surface area contributed by atoms with Crippen molar-refractivity contribution in [3.8, 4) is 0 Å². The van der Waals surface area contributed by atoms with E-state index in [0.29, 0.717) is 0 Å². The molecule has 0 aliphatic carbocycles. The van der Waals surface area contributed by atoms with E-state index >= 15 is 0 Å². The standard InChI is InChI=1S/7C5H8N2.2C4H6N2.C3H4N2.2Zn/c7*1-5-6-3-4-7(5)2;1-6-3-2-5-4-6;1-4-5-2-3-6-4;1-2-5-3-4-1;;/h7*3-4H,1-2H3;2-4H,1H3;2-3H,1H3,(H,5,6);1-3H,(H,4,5);;. The number of aryl methyl sites for hydroxylation is 16. The fourth-order valence-electron chi connectivity index (χ4n) is 3.97. The van der Waals surface area contributed by atoms with Gasteiger partial charge in [-0.1, -0.05) is 0 Å². The molecule has 10 heterocycles. The number of hydrogen-bond donors (Lipinski definition) is 2. The smallest absolute Gasteiger partial charge is 0.105 e. The van der Waals surface area contributed by atoms with Crippen molar-refractivity contribution in [3.05, 3.63) is 183 Å². The molecule has 0 spiro atoms. The van der Waals surface area contributed by atoms with Crippen LogP contribution in [0.3, 0.4) is 0 Å². The summed E-state index contributed by atoms with van der Waals surface area (Å²) in [4.78, 5) is 44.8. The van der Waals surface area contributed by atoms with Crippen molar-refractivity contribution in [2.45, 2.75) is 55.4 Å². The van der Waals surface area contributed by atoms with Crippen LogP contribution in [0.5, 0.6) is 0 Å². The first-order valence-corrected chi connectivity index (χ1v) is 20.8. The van der Waals surface area contributed by atoms with Gasteiger partial charge < -0.3 is 46.5 Å². The predicted octanol–water partition coefficient (Wildman–Crippen LogP) is 6.64. The van der Waals surface area contributed by atoms with Gasteiger partial charge in [0.2, 0.25) is 0 Å². The Morgan fingerprint density at radius 3 is 0.676 bits per heavy atom. The third-order valence-electron chi connectivity index (χ3n) is 9.11. The first kappa shape index (κ1) is 63.4. The van der Waals surface area contributed by atoms with Gasteiger partial charge in [-0.15, -0.1) is 0 Å². The van der Waals surface area contributed by atoms with Gasteiger partial charge >= 0.3 is 0 Å². The van der Waals surface area contributed by atoms with Gasteiger partial charge in [0.1, 0.15) is 46.6 Å². The second-order valence-corrected chi connectivity index (χ2v) is 14.3. The van der Waals surface area contributed by atoms with Crippen molar-refractivity contribution in [1.29, 1.82) is 0 Å². The molecule has 0 radical (unpaired) electrons. The third-order valence-corrected chi connectivity index (χ3v) is 9.11. The molecular weight excluding hydrogens is 963 g/mol. The van der Waals surface area contributed by atoms with E-state index in [4.69, 9.17) is 0 Å². The van der Waals surface area contributed by atoms with E-state index in [0.717, 1.165) is 46.6 Å². The van der Waals surface area contributed by atoms with Crippen LogP contribution in [0.4, 0.5) is 0 Å². The van der Waals surface area contributed by atoms with Crippen LogP contribution in [0.25, 0.3) is 0 Å². The average Bonchev–Trinajstić information content (AvgIpc) is 4.12. The molecule has 22 heteroatoms. The van der Waals surface area contributed by atoms with Crippen LogP contribution >= 0.6 is 0 Å². The SMILES string of the molecule is Cc1ncc[nH]1.Cc1nccn1C.Cc1nccn1C.Cc1nccn1C.Cc1nccn1C.Cc1nccn1C.Cc1nccn1C.Cc1nccn1C.Cn1ccnc1.[Zn].[Zn].c1c[nH]cn1. The Bertz CT molecular complexity index is 2040. The number of rotatable bonds is 0. The molecule has 0 aliphatic heterocycles. The van der Waals surface area contributed by atoms with Crippen LogP contribution in [0, 0.1) is 55.4 Å². The van der Waals surface area contributed by atoms with Gasteiger partial charge in [-0.25, -0.2) is 49.8 Å². The minimum atomic E-state index is 0. The molecule has 10 aromatic rings. The van der Waals surface area contributed by atoms with Crippen molar-refractivity contribution in [1.82, 2.24) is 96.3 Å². The minimum Gasteiger partial charge on any atom is -0.351 e. The molecule has 0 fully saturated rings. The summed E-state index contributed by atoms with van der Waals surface area (Å²) >= 11 is 0. The molecule has 0 saturated carbocycles. The summed E-state index contributed by atoms with van der Waals surface area (Å²) in [5.41, 5.74) is 0. The fourth-order valence-corrected chi connectivity index (χ4v) is 3.97. The number of hydrogen-bond acceptors (Lipinski definition) is 10. The van der Waals surface area contributed by atoms with Crippen LogP contribution in [0.1, 0.15) is 46.6 Å². The molecule has 0 aromatic carbocycles. The maximum absolute atomic E-state index is 3.98. The Hall–Kier alpha value is -6.65. The second kappa shape index (κ2) is 37.4. The van der Waals surface area contributed by atoms with Crippen LogP contribution in [-0.4, -0.2) is 96.3 Å². The normalized spacial score (nSPS) is 8.94. The molecule has 0 bridgehead atoms. The summed E-state index contributed by atoms with van der Waals surface area (Å²) in [7, 11) is 15.8. The fraction of sp³-hybridized carbons (Fsp3) is 0.348. The number of aromatic nitrogens is 20. The van der Waals surface area contributed by atoms with Gasteiger partial charge in [-0.2, -0.15) is 0 Å². The molecule has 0 saturated heterocycles. The topological polar surface area (TPSA) is 200 Å². The zero-order chi connectivity index (χ0) is 49.3. The number of aromatic amines is 2. The minimum absolute atomic E-state index is 0. The van der Waals surface area contributed by atoms with Gasteiger partial charge in [-0.05, 0) is 55.4 Å². The van der Waals surface area contributed by atoms with E-state index in [1.165, 1.54) is 0 Å². The van der Waals surface area contributed by atoms with Crippen molar-refractivity contribution in [2.24, 2.45) is 56.4 Å². The number of nitrogens with one attached hydrogen (secondary N) is 2. The van der Waals surface area contributed by atoms with Crippen molar-refractivity contribution in [2.75, 3.05) is 0 Å². The van der Waals surface area contributed by atoms with Crippen LogP contribution in [0.2, 0.25) is 0 Å². The zero-order valence-electron chi connectivity index (χ0n) is 43.2. The van der Waals surface area contributed by atoms with E-state index in [-0.39, 0.29) is 39.0 Å². The largest absolute Gasteiger partial charge is 0.351 e. The van der Waals surface area contributed by atoms with Gasteiger partial charge in [-0.3, -0.25) is 0 Å². The van der Waals surface area contributed by atoms with Crippen molar-refractivity contribution >= 4 is 0 Å². The first-order chi connectivity index (χ1) is 31.4. The Morgan fingerprint density at radius 2 is 0.618 bits per heavy atom. The summed E-state index contributed by atoms with van der Waals surface area (Å²) in [5.74, 6) is 8.36. The Balaban J connectivity index is 0. The maximum Gasteiger partial charge on any atom is 0.105 e. The molecule has 10 aromatic heterocycles. The maximum atomic E-state index is 3.98. The molecule has 0 atom stereocenters. The molecule has 2 N–H and O–H groups in total. The van der Waals surface area contributed by atoms with E-state index in [1.54, 1.807) is 87.0 Å². The van der Waals surface area contributed by atoms with Crippen molar-refractivity contribution in [3.63, 3.8) is 0 Å². The summed E-state index contributed by atoms with van der Waals surface area (Å²) < 4.78 is 15.7. The van der Waals surface area contributed by atoms with E-state index < -0.39 is 0 Å². The van der Waals surface area contributed by atoms with Gasteiger partial charge in [0.05, 0.1) is 12.7 Å². The van der Waals surface area contributed by atoms with E-state index in [1.807, 2.05) is 198 Å². The molecular formula is C46H72N20Zn2. The monoisotopic (exact) mass is 1030 g/mol. The van der Waals surface area contributed by atoms with Crippen LogP contribution in [-0.2, 0) is 95.3 Å². The quantitative estimate of drug-likeness (QED) is 0.155. The summed E-state index contributed by atoms with van der Waals surface area (Å²) in [6, 6.07) is 0. The Labute approximate surface area is 428 Å². The van der Waals surface area contributed by atoms with Gasteiger partial charge in [0, 0.05) is 219 Å². The predicted molar refractivity (Wildman–Crippen MR) is 261 cm³/mol. The molecule has 68 heavy (non-hydrogen) atoms. The van der Waals surface area contributed by atoms with Gasteiger partial charge in [0.15, 0.2) is 0 Å². The number of H-pyrrole nitrogens is 2. The van der Waals surface area contributed by atoms with E-state index in [9.17, 15) is 0 Å². The van der Waals surface area contributed by atoms with Crippen LogP contribution < -0.4 is 0 Å². The average molecular weight is 1040 g/mol. The number of imidazole rings is 10. The molecule has 0 unspecified atom stereocenters. The Kier molecular flexibility index (Phi) is 34.9.